The smallest absolute Gasteiger partial charge is 0.270 e. The predicted molar refractivity (Wildman–Crippen MR) is 76.7 cm³/mol. The highest BCUT2D eigenvalue weighted by atomic mass is 79.9. The molecule has 6 heteroatoms. The number of anilines is 1. The fourth-order valence-electron chi connectivity index (χ4n) is 2.17. The highest BCUT2D eigenvalue weighted by molar-refractivity contribution is 9.10. The minimum atomic E-state index is -3.45. The number of para-hydroxylation sites is 1. The molecule has 1 aliphatic heterocycles. The molecule has 1 unspecified atom stereocenters. The quantitative estimate of drug-likeness (QED) is 0.924. The van der Waals surface area contributed by atoms with Crippen molar-refractivity contribution in [3.63, 3.8) is 0 Å². The molecule has 0 saturated carbocycles. The number of piperidine rings is 1. The van der Waals surface area contributed by atoms with Gasteiger partial charge >= 0.3 is 10.2 Å². The second kappa shape index (κ2) is 5.59. The average molecular weight is 333 g/mol. The Morgan fingerprint density at radius 3 is 2.72 bits per heavy atom. The summed E-state index contributed by atoms with van der Waals surface area (Å²) in [6, 6.07) is 7.29. The standard InChI is InChI=1S/C12H17BrN2O2S/c1-10-6-4-5-9-15(10)18(16,17)14-12-8-3-2-7-11(12)13/h2-3,7-8,10,14H,4-6,9H2,1H3. The van der Waals surface area contributed by atoms with E-state index in [1.807, 2.05) is 25.1 Å². The summed E-state index contributed by atoms with van der Waals surface area (Å²) in [6.07, 6.45) is 2.96. The molecule has 1 fully saturated rings. The molecule has 2 rings (SSSR count). The number of hydrogen-bond donors (Lipinski definition) is 1. The van der Waals surface area contributed by atoms with Crippen LogP contribution < -0.4 is 4.72 Å². The van der Waals surface area contributed by atoms with Crippen LogP contribution in [0, 0.1) is 0 Å². The second-order valence-corrected chi connectivity index (χ2v) is 7.02. The molecule has 4 nitrogen and oxygen atoms in total. The van der Waals surface area contributed by atoms with Crippen molar-refractivity contribution >= 4 is 31.8 Å². The zero-order valence-electron chi connectivity index (χ0n) is 10.3. The summed E-state index contributed by atoms with van der Waals surface area (Å²) in [5.41, 5.74) is 0.579. The Hall–Kier alpha value is -0.590. The fourth-order valence-corrected chi connectivity index (χ4v) is 4.21. The van der Waals surface area contributed by atoms with Gasteiger partial charge in [0.05, 0.1) is 5.69 Å². The van der Waals surface area contributed by atoms with E-state index in [9.17, 15) is 8.42 Å². The Bertz CT molecular complexity index is 519. The maximum absolute atomic E-state index is 12.3. The van der Waals surface area contributed by atoms with Gasteiger partial charge in [-0.3, -0.25) is 4.72 Å². The van der Waals surface area contributed by atoms with Gasteiger partial charge in [0.1, 0.15) is 0 Å². The number of nitrogens with one attached hydrogen (secondary N) is 1. The van der Waals surface area contributed by atoms with Crippen LogP contribution in [0.2, 0.25) is 0 Å². The first-order chi connectivity index (χ1) is 8.50. The van der Waals surface area contributed by atoms with Crippen LogP contribution in [0.15, 0.2) is 28.7 Å². The lowest BCUT2D eigenvalue weighted by Gasteiger charge is -2.32. The monoisotopic (exact) mass is 332 g/mol. The first kappa shape index (κ1) is 13.8. The summed E-state index contributed by atoms with van der Waals surface area (Å²) in [5.74, 6) is 0. The van der Waals surface area contributed by atoms with E-state index >= 15 is 0 Å². The molecule has 0 spiro atoms. The molecule has 0 aromatic heterocycles. The van der Waals surface area contributed by atoms with Crippen molar-refractivity contribution < 1.29 is 8.42 Å². The van der Waals surface area contributed by atoms with Gasteiger partial charge < -0.3 is 0 Å². The van der Waals surface area contributed by atoms with E-state index < -0.39 is 10.2 Å². The maximum atomic E-state index is 12.3. The molecule has 1 aliphatic rings. The van der Waals surface area contributed by atoms with Crippen molar-refractivity contribution in [2.24, 2.45) is 0 Å². The molecule has 1 atom stereocenters. The Labute approximate surface area is 117 Å². The Balaban J connectivity index is 2.19. The van der Waals surface area contributed by atoms with Crippen molar-refractivity contribution in [3.8, 4) is 0 Å². The van der Waals surface area contributed by atoms with Crippen molar-refractivity contribution in [1.29, 1.82) is 0 Å². The molecule has 0 aliphatic carbocycles. The lowest BCUT2D eigenvalue weighted by atomic mass is 10.1. The normalized spacial score (nSPS) is 21.8. The van der Waals surface area contributed by atoms with Crippen molar-refractivity contribution in [3.05, 3.63) is 28.7 Å². The first-order valence-corrected chi connectivity index (χ1v) is 8.28. The summed E-state index contributed by atoms with van der Waals surface area (Å²) in [5, 5.41) is 0. The van der Waals surface area contributed by atoms with Crippen LogP contribution in [0.4, 0.5) is 5.69 Å². The molecule has 1 aromatic rings. The van der Waals surface area contributed by atoms with Crippen LogP contribution in [-0.2, 0) is 10.2 Å². The largest absolute Gasteiger partial charge is 0.301 e. The minimum absolute atomic E-state index is 0.0683. The van der Waals surface area contributed by atoms with Crippen LogP contribution in [0.3, 0.4) is 0 Å². The van der Waals surface area contributed by atoms with Gasteiger partial charge in [-0.05, 0) is 47.8 Å². The number of nitrogens with zero attached hydrogens (tertiary/aromatic N) is 1. The van der Waals surface area contributed by atoms with Crippen LogP contribution in [0.25, 0.3) is 0 Å². The topological polar surface area (TPSA) is 49.4 Å². The summed E-state index contributed by atoms with van der Waals surface area (Å²) in [7, 11) is -3.45. The molecule has 0 amide bonds. The van der Waals surface area contributed by atoms with Crippen molar-refractivity contribution in [2.45, 2.75) is 32.2 Å². The van der Waals surface area contributed by atoms with Gasteiger partial charge in [-0.2, -0.15) is 12.7 Å². The lowest BCUT2D eigenvalue weighted by molar-refractivity contribution is 0.270. The van der Waals surface area contributed by atoms with Crippen molar-refractivity contribution in [2.75, 3.05) is 11.3 Å². The highest BCUT2D eigenvalue weighted by Crippen LogP contribution is 2.25. The maximum Gasteiger partial charge on any atom is 0.301 e. The minimum Gasteiger partial charge on any atom is -0.270 e. The Kier molecular flexibility index (Phi) is 4.29. The lowest BCUT2D eigenvalue weighted by Crippen LogP contribution is -2.44. The van der Waals surface area contributed by atoms with Gasteiger partial charge in [0.2, 0.25) is 0 Å². The number of halogens is 1. The summed E-state index contributed by atoms with van der Waals surface area (Å²) in [4.78, 5) is 0. The molecule has 1 N–H and O–H groups in total. The van der Waals surface area contributed by atoms with Gasteiger partial charge in [-0.25, -0.2) is 0 Å². The highest BCUT2D eigenvalue weighted by Gasteiger charge is 2.29. The molecule has 1 heterocycles. The SMILES string of the molecule is CC1CCCCN1S(=O)(=O)Nc1ccccc1Br. The number of rotatable bonds is 3. The predicted octanol–water partition coefficient (Wildman–Crippen LogP) is 2.98. The van der Waals surface area contributed by atoms with Crippen LogP contribution in [-0.4, -0.2) is 25.3 Å². The molecule has 18 heavy (non-hydrogen) atoms. The van der Waals surface area contributed by atoms with E-state index in [1.54, 1.807) is 10.4 Å². The first-order valence-electron chi connectivity index (χ1n) is 6.05. The zero-order chi connectivity index (χ0) is 13.2. The van der Waals surface area contributed by atoms with Crippen molar-refractivity contribution in [1.82, 2.24) is 4.31 Å². The van der Waals surface area contributed by atoms with Crippen LogP contribution in [0.5, 0.6) is 0 Å². The van der Waals surface area contributed by atoms with E-state index in [2.05, 4.69) is 20.7 Å². The molecule has 1 saturated heterocycles. The molecule has 0 radical (unpaired) electrons. The second-order valence-electron chi connectivity index (χ2n) is 4.54. The zero-order valence-corrected chi connectivity index (χ0v) is 12.7. The average Bonchev–Trinajstić information content (AvgIpc) is 2.32. The molecular formula is C12H17BrN2O2S. The van der Waals surface area contributed by atoms with Crippen LogP contribution in [0.1, 0.15) is 26.2 Å². The Morgan fingerprint density at radius 1 is 1.33 bits per heavy atom. The van der Waals surface area contributed by atoms with Gasteiger partial charge in [0, 0.05) is 17.1 Å². The number of benzene rings is 1. The molecule has 100 valence electrons. The molecule has 0 bridgehead atoms. The van der Waals surface area contributed by atoms with E-state index in [0.717, 1.165) is 23.7 Å². The summed E-state index contributed by atoms with van der Waals surface area (Å²) >= 11 is 3.34. The van der Waals surface area contributed by atoms with E-state index in [-0.39, 0.29) is 6.04 Å². The van der Waals surface area contributed by atoms with E-state index in [4.69, 9.17) is 0 Å². The van der Waals surface area contributed by atoms with Gasteiger partial charge in [0.15, 0.2) is 0 Å². The molecular weight excluding hydrogens is 316 g/mol. The molecule has 1 aromatic carbocycles. The third-order valence-electron chi connectivity index (χ3n) is 3.16. The third-order valence-corrected chi connectivity index (χ3v) is 5.49. The van der Waals surface area contributed by atoms with E-state index in [0.29, 0.717) is 12.2 Å². The number of hydrogen-bond acceptors (Lipinski definition) is 2. The van der Waals surface area contributed by atoms with Gasteiger partial charge in [-0.15, -0.1) is 0 Å². The summed E-state index contributed by atoms with van der Waals surface area (Å²) < 4.78 is 29.6. The van der Waals surface area contributed by atoms with Gasteiger partial charge in [0.25, 0.3) is 0 Å². The third kappa shape index (κ3) is 3.05. The fraction of sp³-hybridized carbons (Fsp3) is 0.500. The Morgan fingerprint density at radius 2 is 2.06 bits per heavy atom. The van der Waals surface area contributed by atoms with Crippen LogP contribution >= 0.6 is 15.9 Å². The van der Waals surface area contributed by atoms with Gasteiger partial charge in [-0.1, -0.05) is 18.6 Å². The summed E-state index contributed by atoms with van der Waals surface area (Å²) in [6.45, 7) is 2.55. The van der Waals surface area contributed by atoms with E-state index in [1.165, 1.54) is 0 Å².